The standard InChI is InChI=1S/C11H19NO6/c1-7(9(14)15)17-8(13)6-12(5)10(16)18-11(2,3)4/h7H,6H2,1-5H3,(H,14,15)/t7-/m1/s1. The van der Waals surface area contributed by atoms with Crippen LogP contribution in [0.1, 0.15) is 27.7 Å². The normalized spacial score (nSPS) is 12.5. The van der Waals surface area contributed by atoms with Gasteiger partial charge in [0, 0.05) is 7.05 Å². The van der Waals surface area contributed by atoms with E-state index >= 15 is 0 Å². The summed E-state index contributed by atoms with van der Waals surface area (Å²) < 4.78 is 9.59. The lowest BCUT2D eigenvalue weighted by molar-refractivity contribution is -0.163. The lowest BCUT2D eigenvalue weighted by atomic mass is 10.2. The molecule has 104 valence electrons. The SMILES string of the molecule is C[C@@H](OC(=O)CN(C)C(=O)OC(C)(C)C)C(=O)O. The first kappa shape index (κ1) is 16.2. The number of hydrogen-bond acceptors (Lipinski definition) is 5. The second-order valence-corrected chi connectivity index (χ2v) is 4.81. The van der Waals surface area contributed by atoms with E-state index in [9.17, 15) is 14.4 Å². The zero-order valence-electron chi connectivity index (χ0n) is 11.2. The van der Waals surface area contributed by atoms with Gasteiger partial charge in [-0.25, -0.2) is 9.59 Å². The van der Waals surface area contributed by atoms with Crippen LogP contribution in [0.25, 0.3) is 0 Å². The van der Waals surface area contributed by atoms with Crippen molar-refractivity contribution < 1.29 is 29.0 Å². The maximum absolute atomic E-state index is 11.5. The molecule has 0 fully saturated rings. The highest BCUT2D eigenvalue weighted by atomic mass is 16.6. The Labute approximate surface area is 106 Å². The van der Waals surface area contributed by atoms with Gasteiger partial charge in [-0.3, -0.25) is 4.79 Å². The Balaban J connectivity index is 4.23. The molecule has 1 amide bonds. The summed E-state index contributed by atoms with van der Waals surface area (Å²) in [6.45, 7) is 5.96. The van der Waals surface area contributed by atoms with Crippen molar-refractivity contribution in [1.29, 1.82) is 0 Å². The van der Waals surface area contributed by atoms with Gasteiger partial charge in [-0.15, -0.1) is 0 Å². The van der Waals surface area contributed by atoms with Crippen molar-refractivity contribution in [3.05, 3.63) is 0 Å². The number of ether oxygens (including phenoxy) is 2. The van der Waals surface area contributed by atoms with E-state index in [-0.39, 0.29) is 6.54 Å². The number of nitrogens with zero attached hydrogens (tertiary/aromatic N) is 1. The maximum Gasteiger partial charge on any atom is 0.410 e. The van der Waals surface area contributed by atoms with Crippen LogP contribution in [-0.4, -0.2) is 53.3 Å². The van der Waals surface area contributed by atoms with E-state index in [2.05, 4.69) is 4.74 Å². The predicted octanol–water partition coefficient (Wildman–Crippen LogP) is 0.870. The highest BCUT2D eigenvalue weighted by Crippen LogP contribution is 2.09. The molecule has 0 aliphatic heterocycles. The molecule has 0 saturated carbocycles. The molecule has 1 atom stereocenters. The highest BCUT2D eigenvalue weighted by molar-refractivity contribution is 5.81. The molecule has 0 radical (unpaired) electrons. The van der Waals surface area contributed by atoms with Gasteiger partial charge in [-0.2, -0.15) is 0 Å². The third-order valence-corrected chi connectivity index (χ3v) is 1.73. The van der Waals surface area contributed by atoms with E-state index in [4.69, 9.17) is 9.84 Å². The molecule has 0 unspecified atom stereocenters. The third-order valence-electron chi connectivity index (χ3n) is 1.73. The van der Waals surface area contributed by atoms with Crippen molar-refractivity contribution in [3.63, 3.8) is 0 Å². The zero-order chi connectivity index (χ0) is 14.5. The lowest BCUT2D eigenvalue weighted by Gasteiger charge is -2.24. The Kier molecular flexibility index (Phi) is 5.61. The number of aliphatic carboxylic acids is 1. The van der Waals surface area contributed by atoms with Crippen LogP contribution >= 0.6 is 0 Å². The van der Waals surface area contributed by atoms with E-state index in [0.29, 0.717) is 0 Å². The van der Waals surface area contributed by atoms with Gasteiger partial charge in [0.1, 0.15) is 12.1 Å². The van der Waals surface area contributed by atoms with Crippen LogP contribution < -0.4 is 0 Å². The summed E-state index contributed by atoms with van der Waals surface area (Å²) in [5, 5.41) is 8.54. The zero-order valence-corrected chi connectivity index (χ0v) is 11.2. The quantitative estimate of drug-likeness (QED) is 0.755. The molecule has 0 aliphatic carbocycles. The summed E-state index contributed by atoms with van der Waals surface area (Å²) in [4.78, 5) is 34.3. The molecule has 18 heavy (non-hydrogen) atoms. The van der Waals surface area contributed by atoms with Gasteiger partial charge in [0.2, 0.25) is 0 Å². The number of esters is 1. The molecule has 0 aromatic carbocycles. The first-order chi connectivity index (χ1) is 8.03. The van der Waals surface area contributed by atoms with Crippen LogP contribution in [0.4, 0.5) is 4.79 Å². The smallest absolute Gasteiger partial charge is 0.410 e. The predicted molar refractivity (Wildman–Crippen MR) is 62.1 cm³/mol. The largest absolute Gasteiger partial charge is 0.479 e. The topological polar surface area (TPSA) is 93.1 Å². The average molecular weight is 261 g/mol. The summed E-state index contributed by atoms with van der Waals surface area (Å²) in [6, 6.07) is 0. The first-order valence-corrected chi connectivity index (χ1v) is 5.39. The molecule has 0 heterocycles. The lowest BCUT2D eigenvalue weighted by Crippen LogP contribution is -2.38. The summed E-state index contributed by atoms with van der Waals surface area (Å²) >= 11 is 0. The van der Waals surface area contributed by atoms with Crippen LogP contribution in [0.15, 0.2) is 0 Å². The number of likely N-dealkylation sites (N-methyl/N-ethyl adjacent to an activating group) is 1. The first-order valence-electron chi connectivity index (χ1n) is 5.39. The number of rotatable bonds is 4. The number of carboxylic acid groups (broad SMARTS) is 1. The minimum atomic E-state index is -1.25. The summed E-state index contributed by atoms with van der Waals surface area (Å²) in [7, 11) is 1.36. The minimum absolute atomic E-state index is 0.369. The van der Waals surface area contributed by atoms with Crippen LogP contribution in [0.2, 0.25) is 0 Å². The molecule has 0 aromatic heterocycles. The fourth-order valence-electron chi connectivity index (χ4n) is 0.883. The number of carbonyl (C=O) groups is 3. The fraction of sp³-hybridized carbons (Fsp3) is 0.727. The van der Waals surface area contributed by atoms with E-state index in [1.165, 1.54) is 14.0 Å². The Bertz CT molecular complexity index is 333. The van der Waals surface area contributed by atoms with Gasteiger partial charge in [-0.05, 0) is 27.7 Å². The highest BCUT2D eigenvalue weighted by Gasteiger charge is 2.23. The molecule has 0 aromatic rings. The van der Waals surface area contributed by atoms with Crippen LogP contribution in [0.5, 0.6) is 0 Å². The molecule has 0 spiro atoms. The van der Waals surface area contributed by atoms with Crippen molar-refractivity contribution in [2.24, 2.45) is 0 Å². The van der Waals surface area contributed by atoms with Crippen molar-refractivity contribution in [2.75, 3.05) is 13.6 Å². The van der Waals surface area contributed by atoms with Crippen molar-refractivity contribution in [2.45, 2.75) is 39.4 Å². The van der Waals surface area contributed by atoms with Crippen molar-refractivity contribution in [3.8, 4) is 0 Å². The number of hydrogen-bond donors (Lipinski definition) is 1. The molecule has 1 N–H and O–H groups in total. The molecule has 0 aliphatic rings. The van der Waals surface area contributed by atoms with Gasteiger partial charge in [0.15, 0.2) is 6.10 Å². The Morgan fingerprint density at radius 3 is 2.17 bits per heavy atom. The second-order valence-electron chi connectivity index (χ2n) is 4.81. The molecule has 0 bridgehead atoms. The van der Waals surface area contributed by atoms with E-state index in [1.807, 2.05) is 0 Å². The van der Waals surface area contributed by atoms with Crippen molar-refractivity contribution in [1.82, 2.24) is 4.90 Å². The summed E-state index contributed by atoms with van der Waals surface area (Å²) in [6.07, 6.45) is -1.92. The van der Waals surface area contributed by atoms with Crippen LogP contribution in [0, 0.1) is 0 Å². The minimum Gasteiger partial charge on any atom is -0.479 e. The number of carbonyl (C=O) groups excluding carboxylic acids is 2. The average Bonchev–Trinajstić information content (AvgIpc) is 2.14. The van der Waals surface area contributed by atoms with E-state index in [1.54, 1.807) is 20.8 Å². The molecule has 7 nitrogen and oxygen atoms in total. The number of carboxylic acids is 1. The monoisotopic (exact) mass is 261 g/mol. The molecular formula is C11H19NO6. The van der Waals surface area contributed by atoms with Crippen LogP contribution in [0.3, 0.4) is 0 Å². The van der Waals surface area contributed by atoms with Gasteiger partial charge < -0.3 is 19.5 Å². The van der Waals surface area contributed by atoms with Crippen LogP contribution in [-0.2, 0) is 19.1 Å². The molecular weight excluding hydrogens is 242 g/mol. The molecule has 0 rings (SSSR count). The van der Waals surface area contributed by atoms with Gasteiger partial charge in [0.25, 0.3) is 0 Å². The Hall–Kier alpha value is -1.79. The molecule has 0 saturated heterocycles. The van der Waals surface area contributed by atoms with E-state index < -0.39 is 29.7 Å². The Morgan fingerprint density at radius 1 is 1.28 bits per heavy atom. The second kappa shape index (κ2) is 6.23. The van der Waals surface area contributed by atoms with Crippen molar-refractivity contribution >= 4 is 18.0 Å². The summed E-state index contributed by atoms with van der Waals surface area (Å²) in [5.74, 6) is -2.05. The number of amides is 1. The van der Waals surface area contributed by atoms with Gasteiger partial charge in [-0.1, -0.05) is 0 Å². The van der Waals surface area contributed by atoms with E-state index in [0.717, 1.165) is 4.90 Å². The fourth-order valence-corrected chi connectivity index (χ4v) is 0.883. The Morgan fingerprint density at radius 2 is 1.78 bits per heavy atom. The third kappa shape index (κ3) is 6.72. The van der Waals surface area contributed by atoms with Gasteiger partial charge in [0.05, 0.1) is 0 Å². The summed E-state index contributed by atoms with van der Waals surface area (Å²) in [5.41, 5.74) is -0.663. The molecule has 7 heteroatoms. The maximum atomic E-state index is 11.5. The van der Waals surface area contributed by atoms with Gasteiger partial charge >= 0.3 is 18.0 Å².